The number of hydroxylamine groups is 1. The molecule has 0 bridgehead atoms. The van der Waals surface area contributed by atoms with Crippen LogP contribution in [-0.2, 0) is 9.63 Å². The Kier molecular flexibility index (Phi) is 4.70. The summed E-state index contributed by atoms with van der Waals surface area (Å²) in [5.74, 6) is 0. The van der Waals surface area contributed by atoms with Gasteiger partial charge < -0.3 is 0 Å². The highest BCUT2D eigenvalue weighted by Gasteiger charge is 2.08. The maximum Gasteiger partial charge on any atom is 0.234 e. The smallest absolute Gasteiger partial charge is 0.234 e. The molecule has 0 aromatic carbocycles. The highest BCUT2D eigenvalue weighted by atomic mass is 16.7. The molecule has 0 rings (SSSR count). The number of carbonyl (C=O) groups excluding carboxylic acids is 1. The topological polar surface area (TPSA) is 50.7 Å². The zero-order valence-electron chi connectivity index (χ0n) is 7.18. The van der Waals surface area contributed by atoms with Gasteiger partial charge in [-0.2, -0.15) is 0 Å². The predicted molar refractivity (Wildman–Crippen MR) is 41.8 cm³/mol. The fourth-order valence-electron chi connectivity index (χ4n) is 0.415. The fraction of sp³-hybridized carbons (Fsp3) is 0.857. The second kappa shape index (κ2) is 5.02. The molecular formula is C7H14N2O2. The molecule has 0 aliphatic carbocycles. The average molecular weight is 158 g/mol. The number of aliphatic imine (C=N–C) groups is 1. The summed E-state index contributed by atoms with van der Waals surface area (Å²) in [7, 11) is 0. The number of hydrogen-bond donors (Lipinski definition) is 1. The molecule has 0 aliphatic heterocycles. The lowest BCUT2D eigenvalue weighted by Gasteiger charge is -2.18. The Balaban J connectivity index is 3.21. The van der Waals surface area contributed by atoms with Gasteiger partial charge in [0.15, 0.2) is 0 Å². The molecule has 0 saturated carbocycles. The lowest BCUT2D eigenvalue weighted by atomic mass is 10.2. The standard InChI is InChI=1S/C7H14N2O2/c1-7(2,3)11-9-5-4-8-6-10/h9H,4-5H2,1-3H3. The van der Waals surface area contributed by atoms with Crippen LogP contribution >= 0.6 is 0 Å². The van der Waals surface area contributed by atoms with E-state index in [4.69, 9.17) is 4.84 Å². The molecule has 0 heterocycles. The predicted octanol–water partition coefficient (Wildman–Crippen LogP) is 0.642. The molecule has 0 aromatic rings. The molecule has 4 nitrogen and oxygen atoms in total. The van der Waals surface area contributed by atoms with Crippen LogP contribution < -0.4 is 5.48 Å². The Hall–Kier alpha value is -0.700. The zero-order chi connectivity index (χ0) is 8.74. The highest BCUT2D eigenvalue weighted by Crippen LogP contribution is 2.02. The Labute approximate surface area is 66.6 Å². The number of hydrogen-bond acceptors (Lipinski definition) is 4. The van der Waals surface area contributed by atoms with Gasteiger partial charge in [0.2, 0.25) is 6.08 Å². The molecule has 0 unspecified atom stereocenters. The monoisotopic (exact) mass is 158 g/mol. The van der Waals surface area contributed by atoms with Gasteiger partial charge in [-0.3, -0.25) is 4.84 Å². The first-order chi connectivity index (χ1) is 5.06. The molecule has 11 heavy (non-hydrogen) atoms. The van der Waals surface area contributed by atoms with E-state index < -0.39 is 0 Å². The molecule has 0 amide bonds. The van der Waals surface area contributed by atoms with E-state index >= 15 is 0 Å². The van der Waals surface area contributed by atoms with Crippen LogP contribution in [0.4, 0.5) is 0 Å². The van der Waals surface area contributed by atoms with Crippen molar-refractivity contribution in [1.29, 1.82) is 0 Å². The lowest BCUT2D eigenvalue weighted by molar-refractivity contribution is -0.0709. The first-order valence-electron chi connectivity index (χ1n) is 3.51. The summed E-state index contributed by atoms with van der Waals surface area (Å²) in [5.41, 5.74) is 2.48. The van der Waals surface area contributed by atoms with Gasteiger partial charge in [-0.05, 0) is 20.8 Å². The summed E-state index contributed by atoms with van der Waals surface area (Å²) in [6.07, 6.45) is 1.44. The third-order valence-electron chi connectivity index (χ3n) is 0.769. The molecule has 64 valence electrons. The second-order valence-corrected chi connectivity index (χ2v) is 3.08. The van der Waals surface area contributed by atoms with Crippen LogP contribution in [0.15, 0.2) is 4.99 Å². The molecule has 0 aromatic heterocycles. The van der Waals surface area contributed by atoms with E-state index in [2.05, 4.69) is 10.5 Å². The zero-order valence-corrected chi connectivity index (χ0v) is 7.18. The minimum Gasteiger partial charge on any atom is -0.296 e. The van der Waals surface area contributed by atoms with Crippen LogP contribution in [0.3, 0.4) is 0 Å². The van der Waals surface area contributed by atoms with Crippen molar-refractivity contribution in [2.45, 2.75) is 26.4 Å². The Bertz CT molecular complexity index is 145. The van der Waals surface area contributed by atoms with Crippen molar-refractivity contribution in [2.24, 2.45) is 4.99 Å². The van der Waals surface area contributed by atoms with Crippen LogP contribution in [0.25, 0.3) is 0 Å². The first-order valence-corrected chi connectivity index (χ1v) is 3.51. The molecule has 4 heteroatoms. The molecule has 0 aliphatic rings. The van der Waals surface area contributed by atoms with Gasteiger partial charge >= 0.3 is 0 Å². The number of nitrogens with zero attached hydrogens (tertiary/aromatic N) is 1. The quantitative estimate of drug-likeness (QED) is 0.283. The third kappa shape index (κ3) is 9.30. The average Bonchev–Trinajstić information content (AvgIpc) is 1.85. The van der Waals surface area contributed by atoms with E-state index in [1.54, 1.807) is 0 Å². The van der Waals surface area contributed by atoms with Crippen molar-refractivity contribution in [1.82, 2.24) is 5.48 Å². The van der Waals surface area contributed by atoms with Gasteiger partial charge in [-0.25, -0.2) is 15.3 Å². The normalized spacial score (nSPS) is 10.8. The molecule has 0 radical (unpaired) electrons. The van der Waals surface area contributed by atoms with E-state index in [0.29, 0.717) is 13.1 Å². The first kappa shape index (κ1) is 10.3. The minimum atomic E-state index is -0.203. The maximum atomic E-state index is 9.60. The maximum absolute atomic E-state index is 9.60. The van der Waals surface area contributed by atoms with E-state index in [0.717, 1.165) is 0 Å². The van der Waals surface area contributed by atoms with Gasteiger partial charge in [0.05, 0.1) is 12.1 Å². The molecular weight excluding hydrogens is 144 g/mol. The van der Waals surface area contributed by atoms with E-state index in [9.17, 15) is 4.79 Å². The highest BCUT2D eigenvalue weighted by molar-refractivity contribution is 5.32. The van der Waals surface area contributed by atoms with Crippen molar-refractivity contribution < 1.29 is 9.63 Å². The minimum absolute atomic E-state index is 0.203. The summed E-state index contributed by atoms with van der Waals surface area (Å²) >= 11 is 0. The number of isocyanates is 1. The Morgan fingerprint density at radius 2 is 2.18 bits per heavy atom. The van der Waals surface area contributed by atoms with Crippen molar-refractivity contribution >= 4 is 6.08 Å². The summed E-state index contributed by atoms with van der Waals surface area (Å²) in [4.78, 5) is 18.1. The van der Waals surface area contributed by atoms with Crippen LogP contribution in [0.2, 0.25) is 0 Å². The van der Waals surface area contributed by atoms with E-state index in [-0.39, 0.29) is 5.60 Å². The van der Waals surface area contributed by atoms with Gasteiger partial charge in [0.1, 0.15) is 0 Å². The van der Waals surface area contributed by atoms with Gasteiger partial charge in [0.25, 0.3) is 0 Å². The van der Waals surface area contributed by atoms with Crippen molar-refractivity contribution in [3.63, 3.8) is 0 Å². The molecule has 0 atom stereocenters. The van der Waals surface area contributed by atoms with E-state index in [1.165, 1.54) is 6.08 Å². The summed E-state index contributed by atoms with van der Waals surface area (Å²) in [6.45, 7) is 6.74. The van der Waals surface area contributed by atoms with Crippen molar-refractivity contribution in [3.8, 4) is 0 Å². The number of rotatable bonds is 4. The molecule has 0 fully saturated rings. The van der Waals surface area contributed by atoms with Gasteiger partial charge in [-0.1, -0.05) is 0 Å². The number of nitrogens with one attached hydrogen (secondary N) is 1. The van der Waals surface area contributed by atoms with Crippen LogP contribution in [0, 0.1) is 0 Å². The molecule has 1 N–H and O–H groups in total. The summed E-state index contributed by atoms with van der Waals surface area (Å²) in [6, 6.07) is 0. The van der Waals surface area contributed by atoms with Crippen LogP contribution in [-0.4, -0.2) is 24.8 Å². The van der Waals surface area contributed by atoms with Crippen LogP contribution in [0.5, 0.6) is 0 Å². The fourth-order valence-corrected chi connectivity index (χ4v) is 0.415. The van der Waals surface area contributed by atoms with Gasteiger partial charge in [0, 0.05) is 6.54 Å². The van der Waals surface area contributed by atoms with Crippen LogP contribution in [0.1, 0.15) is 20.8 Å². The molecule has 0 saturated heterocycles. The van der Waals surface area contributed by atoms with Crippen molar-refractivity contribution in [2.75, 3.05) is 13.1 Å². The molecule has 0 spiro atoms. The van der Waals surface area contributed by atoms with E-state index in [1.807, 2.05) is 20.8 Å². The second-order valence-electron chi connectivity index (χ2n) is 3.08. The third-order valence-corrected chi connectivity index (χ3v) is 0.769. The summed E-state index contributed by atoms with van der Waals surface area (Å²) in [5, 5.41) is 0. The SMILES string of the molecule is CC(C)(C)ONCCN=C=O. The lowest BCUT2D eigenvalue weighted by Crippen LogP contribution is -2.30. The summed E-state index contributed by atoms with van der Waals surface area (Å²) < 4.78 is 0. The largest absolute Gasteiger partial charge is 0.296 e. The van der Waals surface area contributed by atoms with Crippen molar-refractivity contribution in [3.05, 3.63) is 0 Å². The Morgan fingerprint density at radius 1 is 1.55 bits per heavy atom. The van der Waals surface area contributed by atoms with Gasteiger partial charge in [-0.15, -0.1) is 0 Å². The Morgan fingerprint density at radius 3 is 2.64 bits per heavy atom.